The molecule has 0 saturated carbocycles. The van der Waals surface area contributed by atoms with Gasteiger partial charge in [-0.05, 0) is 30.9 Å². The number of carbonyl (C=O) groups excluding carboxylic acids is 1. The Hall–Kier alpha value is -2.30. The molecule has 2 aromatic rings. The number of nitrogen functional groups attached to an aromatic ring is 1. The van der Waals surface area contributed by atoms with Crippen LogP contribution in [-0.4, -0.2) is 22.2 Å². The van der Waals surface area contributed by atoms with Crippen molar-refractivity contribution in [2.45, 2.75) is 19.3 Å². The van der Waals surface area contributed by atoms with Crippen LogP contribution in [-0.2, 0) is 13.5 Å². The fourth-order valence-electron chi connectivity index (χ4n) is 2.75. The zero-order valence-corrected chi connectivity index (χ0v) is 11.5. The molecule has 0 aliphatic carbocycles. The number of aromatic nitrogens is 2. The summed E-state index contributed by atoms with van der Waals surface area (Å²) in [6.07, 6.45) is 4.64. The molecule has 1 aliphatic heterocycles. The van der Waals surface area contributed by atoms with Crippen molar-refractivity contribution >= 4 is 17.3 Å². The summed E-state index contributed by atoms with van der Waals surface area (Å²) < 4.78 is 1.55. The first kappa shape index (κ1) is 12.7. The van der Waals surface area contributed by atoms with E-state index in [1.807, 2.05) is 23.1 Å². The van der Waals surface area contributed by atoms with Crippen LogP contribution in [0.5, 0.6) is 0 Å². The van der Waals surface area contributed by atoms with Crippen LogP contribution in [0.1, 0.15) is 28.9 Å². The van der Waals surface area contributed by atoms with Gasteiger partial charge in [-0.3, -0.25) is 9.48 Å². The summed E-state index contributed by atoms with van der Waals surface area (Å²) in [5, 5.41) is 4.06. The number of aryl methyl sites for hydroxylation is 2. The average molecular weight is 270 g/mol. The number of anilines is 2. The second-order valence-corrected chi connectivity index (χ2v) is 5.11. The van der Waals surface area contributed by atoms with Crippen LogP contribution in [0.25, 0.3) is 0 Å². The molecular weight excluding hydrogens is 252 g/mol. The third-order valence-corrected chi connectivity index (χ3v) is 3.78. The molecule has 3 rings (SSSR count). The lowest BCUT2D eigenvalue weighted by atomic mass is 10.1. The van der Waals surface area contributed by atoms with Gasteiger partial charge in [0.15, 0.2) is 0 Å². The van der Waals surface area contributed by atoms with Gasteiger partial charge in [0.2, 0.25) is 0 Å². The van der Waals surface area contributed by atoms with Crippen LogP contribution in [0.2, 0.25) is 0 Å². The van der Waals surface area contributed by atoms with E-state index in [-0.39, 0.29) is 5.91 Å². The van der Waals surface area contributed by atoms with Gasteiger partial charge in [0.25, 0.3) is 5.91 Å². The lowest BCUT2D eigenvalue weighted by Crippen LogP contribution is -2.33. The van der Waals surface area contributed by atoms with E-state index in [9.17, 15) is 4.79 Å². The van der Waals surface area contributed by atoms with Gasteiger partial charge < -0.3 is 10.6 Å². The van der Waals surface area contributed by atoms with E-state index < -0.39 is 0 Å². The Labute approximate surface area is 118 Å². The van der Waals surface area contributed by atoms with Crippen molar-refractivity contribution in [3.63, 3.8) is 0 Å². The number of benzene rings is 1. The van der Waals surface area contributed by atoms with Crippen LogP contribution in [0, 0.1) is 0 Å². The minimum absolute atomic E-state index is 0.0724. The summed E-state index contributed by atoms with van der Waals surface area (Å²) in [7, 11) is 1.74. The Morgan fingerprint density at radius 3 is 2.85 bits per heavy atom. The Morgan fingerprint density at radius 2 is 2.10 bits per heavy atom. The fourth-order valence-corrected chi connectivity index (χ4v) is 2.75. The minimum Gasteiger partial charge on any atom is -0.396 e. The number of hydrogen-bond acceptors (Lipinski definition) is 3. The van der Waals surface area contributed by atoms with Crippen molar-refractivity contribution in [3.05, 3.63) is 41.7 Å². The molecule has 5 nitrogen and oxygen atoms in total. The van der Waals surface area contributed by atoms with E-state index in [2.05, 4.69) is 11.2 Å². The van der Waals surface area contributed by atoms with Gasteiger partial charge in [-0.2, -0.15) is 5.10 Å². The van der Waals surface area contributed by atoms with Gasteiger partial charge in [-0.15, -0.1) is 0 Å². The van der Waals surface area contributed by atoms with Crippen molar-refractivity contribution in [1.29, 1.82) is 0 Å². The predicted molar refractivity (Wildman–Crippen MR) is 78.7 cm³/mol. The van der Waals surface area contributed by atoms with Crippen LogP contribution in [0.4, 0.5) is 11.4 Å². The third-order valence-electron chi connectivity index (χ3n) is 3.78. The molecule has 0 radical (unpaired) electrons. The molecule has 0 fully saturated rings. The van der Waals surface area contributed by atoms with E-state index in [1.54, 1.807) is 11.7 Å². The Balaban J connectivity index is 2.04. The van der Waals surface area contributed by atoms with E-state index in [0.717, 1.165) is 31.5 Å². The molecule has 0 bridgehead atoms. The van der Waals surface area contributed by atoms with Gasteiger partial charge in [0.05, 0.1) is 11.9 Å². The molecule has 1 aromatic carbocycles. The number of hydrogen-bond donors (Lipinski definition) is 1. The second-order valence-electron chi connectivity index (χ2n) is 5.11. The number of para-hydroxylation sites is 1. The number of nitrogens with two attached hydrogens (primary N) is 1. The van der Waals surface area contributed by atoms with E-state index in [1.165, 1.54) is 11.8 Å². The third kappa shape index (κ3) is 2.05. The molecule has 1 aromatic heterocycles. The lowest BCUT2D eigenvalue weighted by Gasteiger charge is -2.23. The highest BCUT2D eigenvalue weighted by molar-refractivity contribution is 6.08. The largest absolute Gasteiger partial charge is 0.396 e. The van der Waals surface area contributed by atoms with Gasteiger partial charge >= 0.3 is 0 Å². The van der Waals surface area contributed by atoms with Gasteiger partial charge in [0, 0.05) is 19.3 Å². The van der Waals surface area contributed by atoms with E-state index >= 15 is 0 Å². The second kappa shape index (κ2) is 5.00. The molecule has 0 spiro atoms. The number of carbonyl (C=O) groups is 1. The Bertz CT molecular complexity index is 628. The molecule has 0 unspecified atom stereocenters. The van der Waals surface area contributed by atoms with Crippen LogP contribution in [0.3, 0.4) is 0 Å². The van der Waals surface area contributed by atoms with Gasteiger partial charge in [0.1, 0.15) is 5.69 Å². The normalized spacial score (nSPS) is 14.8. The molecule has 104 valence electrons. The van der Waals surface area contributed by atoms with Crippen LogP contribution in [0.15, 0.2) is 30.5 Å². The quantitative estimate of drug-likeness (QED) is 0.861. The molecule has 20 heavy (non-hydrogen) atoms. The molecular formula is C15H18N4O. The smallest absolute Gasteiger partial charge is 0.278 e. The first-order valence-electron chi connectivity index (χ1n) is 6.85. The highest BCUT2D eigenvalue weighted by Crippen LogP contribution is 2.28. The highest BCUT2D eigenvalue weighted by atomic mass is 16.2. The summed E-state index contributed by atoms with van der Waals surface area (Å²) >= 11 is 0. The van der Waals surface area contributed by atoms with Crippen molar-refractivity contribution in [2.24, 2.45) is 7.05 Å². The Kier molecular flexibility index (Phi) is 3.18. The average Bonchev–Trinajstić information content (AvgIpc) is 2.67. The molecule has 1 aliphatic rings. The SMILES string of the molecule is Cn1ncc(N)c1C(=O)N1CCCCc2ccccc21. The lowest BCUT2D eigenvalue weighted by molar-refractivity contribution is 0.0979. The van der Waals surface area contributed by atoms with E-state index in [0.29, 0.717) is 11.4 Å². The maximum absolute atomic E-state index is 12.8. The zero-order valence-electron chi connectivity index (χ0n) is 11.5. The number of fused-ring (bicyclic) bond motifs is 1. The molecule has 0 atom stereocenters. The summed E-state index contributed by atoms with van der Waals surface area (Å²) in [4.78, 5) is 14.6. The number of amides is 1. The minimum atomic E-state index is -0.0724. The van der Waals surface area contributed by atoms with Crippen molar-refractivity contribution in [3.8, 4) is 0 Å². The first-order chi connectivity index (χ1) is 9.68. The fraction of sp³-hybridized carbons (Fsp3) is 0.333. The van der Waals surface area contributed by atoms with Crippen molar-refractivity contribution < 1.29 is 4.79 Å². The van der Waals surface area contributed by atoms with Gasteiger partial charge in [-0.1, -0.05) is 18.2 Å². The van der Waals surface area contributed by atoms with Crippen LogP contribution >= 0.6 is 0 Å². The number of nitrogens with zero attached hydrogens (tertiary/aromatic N) is 3. The molecule has 2 N–H and O–H groups in total. The monoisotopic (exact) mass is 270 g/mol. The summed E-state index contributed by atoms with van der Waals surface area (Å²) in [6.45, 7) is 0.723. The van der Waals surface area contributed by atoms with Gasteiger partial charge in [-0.25, -0.2) is 0 Å². The molecule has 1 amide bonds. The topological polar surface area (TPSA) is 64.2 Å². The van der Waals surface area contributed by atoms with E-state index in [4.69, 9.17) is 5.73 Å². The predicted octanol–water partition coefficient (Wildman–Crippen LogP) is 1.99. The standard InChI is InChI=1S/C15H18N4O/c1-18-14(12(16)10-17-18)15(20)19-9-5-4-7-11-6-2-3-8-13(11)19/h2-3,6,8,10H,4-5,7,9,16H2,1H3. The molecule has 5 heteroatoms. The zero-order chi connectivity index (χ0) is 14.1. The maximum Gasteiger partial charge on any atom is 0.278 e. The first-order valence-corrected chi connectivity index (χ1v) is 6.85. The summed E-state index contributed by atoms with van der Waals surface area (Å²) in [5.74, 6) is -0.0724. The highest BCUT2D eigenvalue weighted by Gasteiger charge is 2.25. The van der Waals surface area contributed by atoms with Crippen LogP contribution < -0.4 is 10.6 Å². The molecule has 0 saturated heterocycles. The summed E-state index contributed by atoms with van der Waals surface area (Å²) in [6, 6.07) is 8.08. The maximum atomic E-state index is 12.8. The molecule has 2 heterocycles. The van der Waals surface area contributed by atoms with Crippen molar-refractivity contribution in [2.75, 3.05) is 17.2 Å². The van der Waals surface area contributed by atoms with Crippen molar-refractivity contribution in [1.82, 2.24) is 9.78 Å². The number of rotatable bonds is 1. The Morgan fingerprint density at radius 1 is 1.30 bits per heavy atom. The summed E-state index contributed by atoms with van der Waals surface area (Å²) in [5.41, 5.74) is 8.98.